The van der Waals surface area contributed by atoms with E-state index in [-0.39, 0.29) is 5.97 Å². The molecule has 0 amide bonds. The summed E-state index contributed by atoms with van der Waals surface area (Å²) in [6, 6.07) is 16.1. The van der Waals surface area contributed by atoms with Gasteiger partial charge in [-0.1, -0.05) is 127 Å². The van der Waals surface area contributed by atoms with Crippen LogP contribution in [0.25, 0.3) is 22.5 Å². The zero-order chi connectivity index (χ0) is 27.8. The molecule has 214 valence electrons. The van der Waals surface area contributed by atoms with E-state index in [9.17, 15) is 4.79 Å². The summed E-state index contributed by atoms with van der Waals surface area (Å²) < 4.78 is 5.57. The molecule has 1 fully saturated rings. The van der Waals surface area contributed by atoms with Crippen LogP contribution in [0.15, 0.2) is 60.9 Å². The number of esters is 1. The number of rotatable bonds is 17. The van der Waals surface area contributed by atoms with Gasteiger partial charge in [-0.2, -0.15) is 0 Å². The zero-order valence-corrected chi connectivity index (χ0v) is 24.6. The molecule has 0 radical (unpaired) electrons. The Balaban J connectivity index is 1.15. The van der Waals surface area contributed by atoms with Gasteiger partial charge in [0.15, 0.2) is 5.82 Å². The Morgan fingerprint density at radius 2 is 1.30 bits per heavy atom. The second-order valence-electron chi connectivity index (χ2n) is 11.6. The lowest BCUT2D eigenvalue weighted by Gasteiger charge is -2.08. The SMILES string of the molecule is CCCCCCCc1cnc(-c2ccc(-c3ccc(OC(=O)CCCCCCCC4CCCC4)cc3)cc2)nc1. The molecule has 0 atom stereocenters. The molecule has 4 nitrogen and oxygen atoms in total. The molecule has 1 aliphatic rings. The van der Waals surface area contributed by atoms with Crippen LogP contribution < -0.4 is 4.74 Å². The minimum absolute atomic E-state index is 0.134. The number of carbonyl (C=O) groups is 1. The monoisotopic (exact) mass is 540 g/mol. The van der Waals surface area contributed by atoms with Gasteiger partial charge in [0.25, 0.3) is 0 Å². The summed E-state index contributed by atoms with van der Waals surface area (Å²) in [7, 11) is 0. The van der Waals surface area contributed by atoms with Gasteiger partial charge in [-0.05, 0) is 54.0 Å². The van der Waals surface area contributed by atoms with Crippen molar-refractivity contribution in [3.8, 4) is 28.3 Å². The Morgan fingerprint density at radius 1 is 0.725 bits per heavy atom. The number of aryl methyl sites for hydroxylation is 1. The van der Waals surface area contributed by atoms with Crippen molar-refractivity contribution < 1.29 is 9.53 Å². The van der Waals surface area contributed by atoms with Crippen molar-refractivity contribution in [2.24, 2.45) is 5.92 Å². The van der Waals surface area contributed by atoms with E-state index in [1.165, 1.54) is 89.0 Å². The van der Waals surface area contributed by atoms with Gasteiger partial charge < -0.3 is 4.74 Å². The van der Waals surface area contributed by atoms with Crippen LogP contribution in [-0.4, -0.2) is 15.9 Å². The average Bonchev–Trinajstić information content (AvgIpc) is 3.51. The topological polar surface area (TPSA) is 52.1 Å². The third-order valence-electron chi connectivity index (χ3n) is 8.30. The van der Waals surface area contributed by atoms with Gasteiger partial charge in [0.2, 0.25) is 0 Å². The quantitative estimate of drug-likeness (QED) is 0.0971. The fourth-order valence-corrected chi connectivity index (χ4v) is 5.81. The summed E-state index contributed by atoms with van der Waals surface area (Å²) in [4.78, 5) is 21.5. The summed E-state index contributed by atoms with van der Waals surface area (Å²) in [5, 5.41) is 0. The van der Waals surface area contributed by atoms with Gasteiger partial charge in [-0.25, -0.2) is 9.97 Å². The zero-order valence-electron chi connectivity index (χ0n) is 24.6. The van der Waals surface area contributed by atoms with Crippen LogP contribution in [-0.2, 0) is 11.2 Å². The molecule has 0 bridgehead atoms. The molecule has 0 unspecified atom stereocenters. The Bertz CT molecular complexity index is 1120. The van der Waals surface area contributed by atoms with Crippen LogP contribution in [0.2, 0.25) is 0 Å². The molecule has 0 aliphatic heterocycles. The smallest absolute Gasteiger partial charge is 0.311 e. The highest BCUT2D eigenvalue weighted by atomic mass is 16.5. The van der Waals surface area contributed by atoms with Crippen LogP contribution in [0.5, 0.6) is 5.75 Å². The lowest BCUT2D eigenvalue weighted by atomic mass is 9.99. The van der Waals surface area contributed by atoms with Crippen LogP contribution in [0.1, 0.15) is 115 Å². The third-order valence-corrected chi connectivity index (χ3v) is 8.30. The van der Waals surface area contributed by atoms with Gasteiger partial charge >= 0.3 is 5.97 Å². The summed E-state index contributed by atoms with van der Waals surface area (Å²) >= 11 is 0. The number of hydrogen-bond donors (Lipinski definition) is 0. The molecule has 4 heteroatoms. The van der Waals surface area contributed by atoms with Crippen molar-refractivity contribution in [3.05, 3.63) is 66.5 Å². The largest absolute Gasteiger partial charge is 0.427 e. The first-order valence-electron chi connectivity index (χ1n) is 15.9. The third kappa shape index (κ3) is 10.2. The highest BCUT2D eigenvalue weighted by Gasteiger charge is 2.14. The fraction of sp³-hybridized carbons (Fsp3) is 0.528. The summed E-state index contributed by atoms with van der Waals surface area (Å²) in [5.74, 6) is 2.23. The van der Waals surface area contributed by atoms with E-state index in [1.54, 1.807) is 0 Å². The van der Waals surface area contributed by atoms with Crippen molar-refractivity contribution in [2.45, 2.75) is 116 Å². The molecule has 3 aromatic rings. The van der Waals surface area contributed by atoms with Crippen LogP contribution >= 0.6 is 0 Å². The van der Waals surface area contributed by atoms with Gasteiger partial charge in [-0.15, -0.1) is 0 Å². The van der Waals surface area contributed by atoms with Crippen LogP contribution in [0, 0.1) is 5.92 Å². The molecule has 0 saturated heterocycles. The van der Waals surface area contributed by atoms with E-state index in [4.69, 9.17) is 4.74 Å². The fourth-order valence-electron chi connectivity index (χ4n) is 5.81. The molecule has 1 aromatic heterocycles. The maximum atomic E-state index is 12.3. The van der Waals surface area contributed by atoms with Gasteiger partial charge in [0.05, 0.1) is 0 Å². The number of aromatic nitrogens is 2. The number of benzene rings is 2. The van der Waals surface area contributed by atoms with Crippen molar-refractivity contribution in [1.29, 1.82) is 0 Å². The minimum Gasteiger partial charge on any atom is -0.427 e. The number of carbonyl (C=O) groups excluding carboxylic acids is 1. The highest BCUT2D eigenvalue weighted by molar-refractivity contribution is 5.73. The number of nitrogens with zero attached hydrogens (tertiary/aromatic N) is 2. The number of hydrogen-bond acceptors (Lipinski definition) is 4. The molecule has 0 N–H and O–H groups in total. The van der Waals surface area contributed by atoms with E-state index < -0.39 is 0 Å². The van der Waals surface area contributed by atoms with Crippen molar-refractivity contribution in [2.75, 3.05) is 0 Å². The Labute approximate surface area is 242 Å². The molecule has 4 rings (SSSR count). The van der Waals surface area contributed by atoms with Gasteiger partial charge in [0, 0.05) is 24.4 Å². The first-order valence-corrected chi connectivity index (χ1v) is 15.9. The number of ether oxygens (including phenoxy) is 1. The first-order chi connectivity index (χ1) is 19.7. The predicted octanol–water partition coefficient (Wildman–Crippen LogP) is 10.1. The molecule has 0 spiro atoms. The Kier molecular flexibility index (Phi) is 12.7. The molecular weight excluding hydrogens is 492 g/mol. The van der Waals surface area contributed by atoms with Crippen LogP contribution in [0.3, 0.4) is 0 Å². The highest BCUT2D eigenvalue weighted by Crippen LogP contribution is 2.29. The van der Waals surface area contributed by atoms with E-state index in [0.717, 1.165) is 47.7 Å². The van der Waals surface area contributed by atoms with Crippen molar-refractivity contribution >= 4 is 5.97 Å². The molecule has 40 heavy (non-hydrogen) atoms. The first kappa shape index (κ1) is 30.0. The maximum Gasteiger partial charge on any atom is 0.311 e. The van der Waals surface area contributed by atoms with Crippen LogP contribution in [0.4, 0.5) is 0 Å². The minimum atomic E-state index is -0.134. The van der Waals surface area contributed by atoms with E-state index in [0.29, 0.717) is 12.2 Å². The molecule has 1 aliphatic carbocycles. The van der Waals surface area contributed by atoms with Gasteiger partial charge in [0.1, 0.15) is 5.75 Å². The van der Waals surface area contributed by atoms with E-state index >= 15 is 0 Å². The summed E-state index contributed by atoms with van der Waals surface area (Å²) in [6.07, 6.45) is 25.0. The predicted molar refractivity (Wildman–Crippen MR) is 165 cm³/mol. The lowest BCUT2D eigenvalue weighted by molar-refractivity contribution is -0.134. The Hall–Kier alpha value is -3.01. The lowest BCUT2D eigenvalue weighted by Crippen LogP contribution is -2.07. The standard InChI is InChI=1S/C36H48N2O2/c1-2-3-4-6-10-17-30-27-37-36(38-28-30)33-21-19-31(20-22-33)32-23-25-34(26-24-32)40-35(39)18-11-8-5-7-9-14-29-15-12-13-16-29/h19-29H,2-18H2,1H3. The van der Waals surface area contributed by atoms with E-state index in [2.05, 4.69) is 41.2 Å². The second-order valence-corrected chi connectivity index (χ2v) is 11.6. The Morgan fingerprint density at radius 3 is 2.00 bits per heavy atom. The second kappa shape index (κ2) is 16.9. The molecule has 1 heterocycles. The normalized spacial score (nSPS) is 13.5. The molecular formula is C36H48N2O2. The maximum absolute atomic E-state index is 12.3. The molecule has 2 aromatic carbocycles. The van der Waals surface area contributed by atoms with E-state index in [1.807, 2.05) is 36.7 Å². The summed E-state index contributed by atoms with van der Waals surface area (Å²) in [5.41, 5.74) is 4.42. The number of unbranched alkanes of at least 4 members (excludes halogenated alkanes) is 8. The molecule has 1 saturated carbocycles. The van der Waals surface area contributed by atoms with Gasteiger partial charge in [-0.3, -0.25) is 4.79 Å². The van der Waals surface area contributed by atoms with Crippen molar-refractivity contribution in [3.63, 3.8) is 0 Å². The average molecular weight is 541 g/mol. The summed E-state index contributed by atoms with van der Waals surface area (Å²) in [6.45, 7) is 2.25. The van der Waals surface area contributed by atoms with Crippen molar-refractivity contribution in [1.82, 2.24) is 9.97 Å².